The molecule has 2 amide bonds. The molecule has 0 fully saturated rings. The van der Waals surface area contributed by atoms with E-state index in [0.717, 1.165) is 23.2 Å². The minimum atomic E-state index is -0.474. The van der Waals surface area contributed by atoms with Crippen molar-refractivity contribution in [2.24, 2.45) is 0 Å². The zero-order valence-corrected chi connectivity index (χ0v) is 11.2. The summed E-state index contributed by atoms with van der Waals surface area (Å²) < 4.78 is 0. The monoisotopic (exact) mass is 262 g/mol. The lowest BCUT2D eigenvalue weighted by Gasteiger charge is -2.26. The summed E-state index contributed by atoms with van der Waals surface area (Å²) in [6.45, 7) is -0.0109. The van der Waals surface area contributed by atoms with E-state index in [9.17, 15) is 9.59 Å². The number of aliphatic hydroxyl groups excluding tert-OH is 1. The highest BCUT2D eigenvalue weighted by Crippen LogP contribution is 2.27. The van der Waals surface area contributed by atoms with E-state index in [-0.39, 0.29) is 11.8 Å². The van der Waals surface area contributed by atoms with Crippen molar-refractivity contribution < 1.29 is 14.7 Å². The largest absolute Gasteiger partial charge is 0.387 e. The van der Waals surface area contributed by atoms with Gasteiger partial charge in [-0.1, -0.05) is 12.1 Å². The Kier molecular flexibility index (Phi) is 3.85. The van der Waals surface area contributed by atoms with Gasteiger partial charge >= 0.3 is 0 Å². The number of aliphatic hydroxyl groups is 1. The molecule has 1 aliphatic heterocycles. The second-order valence-electron chi connectivity index (χ2n) is 4.82. The fraction of sp³-hybridized carbons (Fsp3) is 0.429. The first kappa shape index (κ1) is 13.5. The number of nitrogens with zero attached hydrogens (tertiary/aromatic N) is 2. The molecule has 0 aliphatic carbocycles. The Morgan fingerprint density at radius 1 is 1.42 bits per heavy atom. The number of anilines is 1. The van der Waals surface area contributed by atoms with E-state index in [4.69, 9.17) is 5.11 Å². The molecule has 0 spiro atoms. The summed E-state index contributed by atoms with van der Waals surface area (Å²) in [5.41, 5.74) is 3.08. The van der Waals surface area contributed by atoms with Crippen LogP contribution in [0, 0.1) is 0 Å². The lowest BCUT2D eigenvalue weighted by atomic mass is 9.99. The summed E-state index contributed by atoms with van der Waals surface area (Å²) in [6.07, 6.45) is 1.27. The van der Waals surface area contributed by atoms with Gasteiger partial charge in [0.25, 0.3) is 0 Å². The molecular formula is C14H18N2O3. The summed E-state index contributed by atoms with van der Waals surface area (Å²) in [5.74, 6) is -0.169. The third-order valence-electron chi connectivity index (χ3n) is 3.47. The molecule has 1 aliphatic rings. The minimum absolute atomic E-state index is 0.132. The molecule has 5 nitrogen and oxygen atoms in total. The van der Waals surface area contributed by atoms with Gasteiger partial charge in [0.2, 0.25) is 11.8 Å². The second-order valence-corrected chi connectivity index (χ2v) is 4.82. The molecule has 0 aromatic heterocycles. The molecule has 0 bridgehead atoms. The molecule has 102 valence electrons. The van der Waals surface area contributed by atoms with Crippen LogP contribution in [-0.2, 0) is 22.6 Å². The van der Waals surface area contributed by atoms with Crippen molar-refractivity contribution in [2.45, 2.75) is 19.4 Å². The quantitative estimate of drug-likeness (QED) is 0.865. The van der Waals surface area contributed by atoms with Gasteiger partial charge in [-0.15, -0.1) is 0 Å². The number of hydrogen-bond donors (Lipinski definition) is 1. The predicted octanol–water partition coefficient (Wildman–Crippen LogP) is 0.546. The Hall–Kier alpha value is -1.88. The van der Waals surface area contributed by atoms with Crippen molar-refractivity contribution in [3.05, 3.63) is 29.3 Å². The van der Waals surface area contributed by atoms with Crippen LogP contribution >= 0.6 is 0 Å². The standard InChI is InChI=1S/C14H18N2O3/c1-15(14(19)9-17)8-10-3-5-12-11(7-10)4-6-13(18)16(12)2/h3,5,7,17H,4,6,8-9H2,1-2H3. The molecular weight excluding hydrogens is 244 g/mol. The van der Waals surface area contributed by atoms with Crippen LogP contribution in [0.5, 0.6) is 0 Å². The van der Waals surface area contributed by atoms with Crippen molar-refractivity contribution in [3.63, 3.8) is 0 Å². The number of carbonyl (C=O) groups is 2. The maximum atomic E-state index is 11.6. The Balaban J connectivity index is 2.18. The summed E-state index contributed by atoms with van der Waals surface area (Å²) in [7, 11) is 3.44. The number of benzene rings is 1. The van der Waals surface area contributed by atoms with Crippen molar-refractivity contribution in [3.8, 4) is 0 Å². The lowest BCUT2D eigenvalue weighted by Crippen LogP contribution is -2.31. The van der Waals surface area contributed by atoms with Gasteiger partial charge in [0.05, 0.1) is 0 Å². The van der Waals surface area contributed by atoms with Gasteiger partial charge < -0.3 is 14.9 Å². The van der Waals surface area contributed by atoms with Crippen molar-refractivity contribution in [1.29, 1.82) is 0 Å². The fourth-order valence-corrected chi connectivity index (χ4v) is 2.29. The van der Waals surface area contributed by atoms with Crippen LogP contribution in [0.25, 0.3) is 0 Å². The highest BCUT2D eigenvalue weighted by Gasteiger charge is 2.21. The zero-order chi connectivity index (χ0) is 14.0. The Labute approximate surface area is 112 Å². The van der Waals surface area contributed by atoms with Crippen LogP contribution in [0.2, 0.25) is 0 Å². The zero-order valence-electron chi connectivity index (χ0n) is 11.2. The van der Waals surface area contributed by atoms with E-state index in [2.05, 4.69) is 0 Å². The molecule has 5 heteroatoms. The highest BCUT2D eigenvalue weighted by molar-refractivity contribution is 5.95. The van der Waals surface area contributed by atoms with Gasteiger partial charge in [-0.2, -0.15) is 0 Å². The smallest absolute Gasteiger partial charge is 0.248 e. The van der Waals surface area contributed by atoms with E-state index in [1.807, 2.05) is 18.2 Å². The SMILES string of the molecule is CN(Cc1ccc2c(c1)CCC(=O)N2C)C(=O)CO. The van der Waals surface area contributed by atoms with Gasteiger partial charge in [0, 0.05) is 32.7 Å². The maximum Gasteiger partial charge on any atom is 0.248 e. The van der Waals surface area contributed by atoms with Gasteiger partial charge in [0.1, 0.15) is 6.61 Å². The van der Waals surface area contributed by atoms with Crippen molar-refractivity contribution in [2.75, 3.05) is 25.6 Å². The first-order valence-corrected chi connectivity index (χ1v) is 6.26. The number of hydrogen-bond acceptors (Lipinski definition) is 3. The van der Waals surface area contributed by atoms with Crippen LogP contribution in [0.1, 0.15) is 17.5 Å². The van der Waals surface area contributed by atoms with E-state index >= 15 is 0 Å². The summed E-state index contributed by atoms with van der Waals surface area (Å²) in [5, 5.41) is 8.80. The van der Waals surface area contributed by atoms with Gasteiger partial charge in [-0.05, 0) is 23.6 Å². The van der Waals surface area contributed by atoms with Gasteiger partial charge in [0.15, 0.2) is 0 Å². The van der Waals surface area contributed by atoms with E-state index in [1.54, 1.807) is 19.0 Å². The third-order valence-corrected chi connectivity index (χ3v) is 3.47. The fourth-order valence-electron chi connectivity index (χ4n) is 2.29. The number of amides is 2. The third kappa shape index (κ3) is 2.76. The van der Waals surface area contributed by atoms with Gasteiger partial charge in [-0.3, -0.25) is 9.59 Å². The molecule has 2 rings (SSSR count). The average Bonchev–Trinajstić information content (AvgIpc) is 2.42. The topological polar surface area (TPSA) is 60.9 Å². The number of aryl methyl sites for hydroxylation is 1. The van der Waals surface area contributed by atoms with Crippen LogP contribution in [-0.4, -0.2) is 42.5 Å². The summed E-state index contributed by atoms with van der Waals surface area (Å²) in [4.78, 5) is 26.1. The first-order valence-electron chi connectivity index (χ1n) is 6.26. The second kappa shape index (κ2) is 5.40. The van der Waals surface area contributed by atoms with Gasteiger partial charge in [-0.25, -0.2) is 0 Å². The molecule has 1 aromatic rings. The molecule has 0 saturated heterocycles. The minimum Gasteiger partial charge on any atom is -0.387 e. The number of carbonyl (C=O) groups excluding carboxylic acids is 2. The Morgan fingerprint density at radius 3 is 2.84 bits per heavy atom. The molecule has 1 heterocycles. The predicted molar refractivity (Wildman–Crippen MR) is 71.7 cm³/mol. The average molecular weight is 262 g/mol. The molecule has 0 unspecified atom stereocenters. The van der Waals surface area contributed by atoms with Crippen LogP contribution in [0.4, 0.5) is 5.69 Å². The molecule has 19 heavy (non-hydrogen) atoms. The number of likely N-dealkylation sites (N-methyl/N-ethyl adjacent to an activating group) is 1. The van der Waals surface area contributed by atoms with Crippen molar-refractivity contribution >= 4 is 17.5 Å². The normalized spacial score (nSPS) is 14.3. The van der Waals surface area contributed by atoms with Crippen LogP contribution in [0.15, 0.2) is 18.2 Å². The van der Waals surface area contributed by atoms with E-state index in [1.165, 1.54) is 4.90 Å². The molecule has 0 saturated carbocycles. The summed E-state index contributed by atoms with van der Waals surface area (Å²) >= 11 is 0. The highest BCUT2D eigenvalue weighted by atomic mass is 16.3. The maximum absolute atomic E-state index is 11.6. The number of fused-ring (bicyclic) bond motifs is 1. The Bertz CT molecular complexity index is 513. The van der Waals surface area contributed by atoms with Crippen LogP contribution in [0.3, 0.4) is 0 Å². The first-order chi connectivity index (χ1) is 9.02. The Morgan fingerprint density at radius 2 is 2.16 bits per heavy atom. The molecule has 1 aromatic carbocycles. The molecule has 1 N–H and O–H groups in total. The van der Waals surface area contributed by atoms with Crippen LogP contribution < -0.4 is 4.90 Å². The van der Waals surface area contributed by atoms with E-state index < -0.39 is 6.61 Å². The number of rotatable bonds is 3. The summed E-state index contributed by atoms with van der Waals surface area (Å²) in [6, 6.07) is 5.85. The lowest BCUT2D eigenvalue weighted by molar-refractivity contribution is -0.133. The molecule has 0 radical (unpaired) electrons. The van der Waals surface area contributed by atoms with Crippen molar-refractivity contribution in [1.82, 2.24) is 4.90 Å². The van der Waals surface area contributed by atoms with E-state index in [0.29, 0.717) is 13.0 Å². The molecule has 0 atom stereocenters.